The lowest BCUT2D eigenvalue weighted by Crippen LogP contribution is -2.39. The maximum atomic E-state index is 13.2. The maximum absolute atomic E-state index is 13.2. The minimum atomic E-state index is -0.595. The van der Waals surface area contributed by atoms with Crippen LogP contribution in [0.4, 0.5) is 10.1 Å². The fraction of sp³-hybridized carbons (Fsp3) is 0.385. The maximum Gasteiger partial charge on any atom is 0.255 e. The van der Waals surface area contributed by atoms with Gasteiger partial charge < -0.3 is 16.0 Å². The molecule has 7 heteroatoms. The largest absolute Gasteiger partial charge is 0.396 e. The Morgan fingerprint density at radius 3 is 2.75 bits per heavy atom. The molecule has 0 heterocycles. The molecule has 1 fully saturated rings. The highest BCUT2D eigenvalue weighted by Crippen LogP contribution is 2.24. The van der Waals surface area contributed by atoms with E-state index in [0.29, 0.717) is 4.47 Å². The molecule has 5 nitrogen and oxygen atoms in total. The number of anilines is 1. The van der Waals surface area contributed by atoms with Crippen molar-refractivity contribution in [2.45, 2.75) is 18.9 Å². The van der Waals surface area contributed by atoms with Crippen molar-refractivity contribution in [1.29, 1.82) is 0 Å². The van der Waals surface area contributed by atoms with Crippen LogP contribution < -0.4 is 11.1 Å². The normalized spacial score (nSPS) is 13.9. The Morgan fingerprint density at radius 2 is 2.15 bits per heavy atom. The molecule has 1 aromatic carbocycles. The highest BCUT2D eigenvalue weighted by atomic mass is 79.9. The molecule has 1 aliphatic carbocycles. The Morgan fingerprint density at radius 1 is 1.50 bits per heavy atom. The van der Waals surface area contributed by atoms with Crippen molar-refractivity contribution in [2.75, 3.05) is 19.3 Å². The summed E-state index contributed by atoms with van der Waals surface area (Å²) in [5, 5.41) is 2.80. The molecule has 0 atom stereocenters. The number of likely N-dealkylation sites (N-methyl/N-ethyl adjacent to an activating group) is 1. The summed E-state index contributed by atoms with van der Waals surface area (Å²) in [6.45, 7) is -0.0426. The lowest BCUT2D eigenvalue weighted by Gasteiger charge is -2.18. The van der Waals surface area contributed by atoms with Crippen LogP contribution in [0, 0.1) is 5.82 Å². The number of nitrogens with two attached hydrogens (primary N) is 1. The summed E-state index contributed by atoms with van der Waals surface area (Å²) in [5.41, 5.74) is 5.58. The molecule has 108 valence electrons. The van der Waals surface area contributed by atoms with E-state index >= 15 is 0 Å². The molecule has 0 aromatic heterocycles. The molecule has 0 spiro atoms. The van der Waals surface area contributed by atoms with Gasteiger partial charge in [-0.2, -0.15) is 0 Å². The summed E-state index contributed by atoms with van der Waals surface area (Å²) < 4.78 is 13.5. The van der Waals surface area contributed by atoms with Crippen LogP contribution in [0.2, 0.25) is 0 Å². The number of carbonyl (C=O) groups is 2. The zero-order valence-electron chi connectivity index (χ0n) is 11.0. The van der Waals surface area contributed by atoms with Gasteiger partial charge in [0.15, 0.2) is 0 Å². The van der Waals surface area contributed by atoms with Crippen molar-refractivity contribution < 1.29 is 14.0 Å². The average molecular weight is 344 g/mol. The average Bonchev–Trinajstić information content (AvgIpc) is 3.16. The minimum absolute atomic E-state index is 0.0426. The van der Waals surface area contributed by atoms with Crippen LogP contribution in [0.5, 0.6) is 0 Å². The first-order chi connectivity index (χ1) is 9.38. The van der Waals surface area contributed by atoms with Crippen LogP contribution in [0.25, 0.3) is 0 Å². The number of amides is 2. The Labute approximate surface area is 124 Å². The zero-order chi connectivity index (χ0) is 14.9. The fourth-order valence-corrected chi connectivity index (χ4v) is 2.21. The van der Waals surface area contributed by atoms with E-state index in [4.69, 9.17) is 5.73 Å². The quantitative estimate of drug-likeness (QED) is 0.814. The fourth-order valence-electron chi connectivity index (χ4n) is 1.72. The van der Waals surface area contributed by atoms with Crippen LogP contribution >= 0.6 is 15.9 Å². The molecule has 20 heavy (non-hydrogen) atoms. The number of benzene rings is 1. The Bertz CT molecular complexity index is 561. The smallest absolute Gasteiger partial charge is 0.255 e. The minimum Gasteiger partial charge on any atom is -0.396 e. The summed E-state index contributed by atoms with van der Waals surface area (Å²) in [6, 6.07) is 2.65. The summed E-state index contributed by atoms with van der Waals surface area (Å²) >= 11 is 3.12. The van der Waals surface area contributed by atoms with E-state index in [0.717, 1.165) is 18.9 Å². The van der Waals surface area contributed by atoms with Crippen molar-refractivity contribution in [3.63, 3.8) is 0 Å². The van der Waals surface area contributed by atoms with Crippen molar-refractivity contribution >= 4 is 33.4 Å². The second kappa shape index (κ2) is 5.78. The SMILES string of the molecule is CN(CC(=O)NC1CC1)C(=O)c1cc(N)c(F)cc1Br. The molecule has 1 aliphatic rings. The van der Waals surface area contributed by atoms with Crippen LogP contribution in [0.3, 0.4) is 0 Å². The second-order valence-corrected chi connectivity index (χ2v) is 5.71. The zero-order valence-corrected chi connectivity index (χ0v) is 12.5. The molecule has 2 amide bonds. The summed E-state index contributed by atoms with van der Waals surface area (Å²) in [4.78, 5) is 25.1. The predicted octanol–water partition coefficient (Wildman–Crippen LogP) is 1.52. The summed E-state index contributed by atoms with van der Waals surface area (Å²) in [6.07, 6.45) is 1.98. The van der Waals surface area contributed by atoms with Gasteiger partial charge in [-0.3, -0.25) is 9.59 Å². The van der Waals surface area contributed by atoms with E-state index in [-0.39, 0.29) is 29.7 Å². The van der Waals surface area contributed by atoms with Gasteiger partial charge in [0.25, 0.3) is 5.91 Å². The lowest BCUT2D eigenvalue weighted by atomic mass is 10.1. The number of halogens is 2. The Hall–Kier alpha value is -1.63. The molecular formula is C13H15BrFN3O2. The van der Waals surface area contributed by atoms with Crippen molar-refractivity contribution in [1.82, 2.24) is 10.2 Å². The van der Waals surface area contributed by atoms with Gasteiger partial charge in [-0.25, -0.2) is 4.39 Å². The van der Waals surface area contributed by atoms with E-state index in [1.165, 1.54) is 18.0 Å². The third kappa shape index (κ3) is 3.47. The van der Waals surface area contributed by atoms with Crippen LogP contribution in [-0.2, 0) is 4.79 Å². The van der Waals surface area contributed by atoms with Crippen molar-refractivity contribution in [3.05, 3.63) is 28.0 Å². The number of nitrogen functional groups attached to an aromatic ring is 1. The molecule has 0 unspecified atom stereocenters. The Balaban J connectivity index is 2.05. The van der Waals surface area contributed by atoms with Crippen LogP contribution in [0.15, 0.2) is 16.6 Å². The third-order valence-corrected chi connectivity index (χ3v) is 3.64. The molecule has 1 saturated carbocycles. The summed E-state index contributed by atoms with van der Waals surface area (Å²) in [5.74, 6) is -1.19. The molecule has 0 aliphatic heterocycles. The monoisotopic (exact) mass is 343 g/mol. The van der Waals surface area contributed by atoms with E-state index in [1.54, 1.807) is 0 Å². The molecule has 0 radical (unpaired) electrons. The van der Waals surface area contributed by atoms with Crippen LogP contribution in [0.1, 0.15) is 23.2 Å². The first-order valence-corrected chi connectivity index (χ1v) is 6.97. The molecule has 0 saturated heterocycles. The molecule has 2 rings (SSSR count). The van der Waals surface area contributed by atoms with Gasteiger partial charge in [-0.15, -0.1) is 0 Å². The molecule has 0 bridgehead atoms. The number of hydrogen-bond donors (Lipinski definition) is 2. The van der Waals surface area contributed by atoms with E-state index < -0.39 is 11.7 Å². The standard InChI is InChI=1S/C13H15BrFN3O2/c1-18(6-12(19)17-7-2-3-7)13(20)8-4-11(16)10(15)5-9(8)14/h4-5,7H,2-3,6,16H2,1H3,(H,17,19). The number of hydrogen-bond acceptors (Lipinski definition) is 3. The number of rotatable bonds is 4. The molecule has 3 N–H and O–H groups in total. The van der Waals surface area contributed by atoms with E-state index in [1.807, 2.05) is 0 Å². The second-order valence-electron chi connectivity index (χ2n) is 4.86. The van der Waals surface area contributed by atoms with Gasteiger partial charge >= 0.3 is 0 Å². The highest BCUT2D eigenvalue weighted by molar-refractivity contribution is 9.10. The van der Waals surface area contributed by atoms with Crippen LogP contribution in [-0.4, -0.2) is 36.3 Å². The molecule has 1 aromatic rings. The van der Waals surface area contributed by atoms with E-state index in [9.17, 15) is 14.0 Å². The van der Waals surface area contributed by atoms with E-state index in [2.05, 4.69) is 21.2 Å². The van der Waals surface area contributed by atoms with Gasteiger partial charge in [-0.1, -0.05) is 0 Å². The van der Waals surface area contributed by atoms with Crippen molar-refractivity contribution in [2.24, 2.45) is 0 Å². The van der Waals surface area contributed by atoms with Crippen molar-refractivity contribution in [3.8, 4) is 0 Å². The first-order valence-electron chi connectivity index (χ1n) is 6.18. The highest BCUT2D eigenvalue weighted by Gasteiger charge is 2.25. The van der Waals surface area contributed by atoms with Gasteiger partial charge in [-0.05, 0) is 40.9 Å². The summed E-state index contributed by atoms with van der Waals surface area (Å²) in [7, 11) is 1.51. The van der Waals surface area contributed by atoms with Gasteiger partial charge in [0.2, 0.25) is 5.91 Å². The topological polar surface area (TPSA) is 75.4 Å². The predicted molar refractivity (Wildman–Crippen MR) is 76.6 cm³/mol. The molecular weight excluding hydrogens is 329 g/mol. The van der Waals surface area contributed by atoms with Gasteiger partial charge in [0.05, 0.1) is 17.8 Å². The Kier molecular flexibility index (Phi) is 4.27. The number of nitrogens with zero attached hydrogens (tertiary/aromatic N) is 1. The third-order valence-electron chi connectivity index (χ3n) is 2.99. The number of nitrogens with one attached hydrogen (secondary N) is 1. The van der Waals surface area contributed by atoms with Gasteiger partial charge in [0, 0.05) is 17.6 Å². The number of carbonyl (C=O) groups excluding carboxylic acids is 2. The lowest BCUT2D eigenvalue weighted by molar-refractivity contribution is -0.121. The first kappa shape index (κ1) is 14.8. The van der Waals surface area contributed by atoms with Gasteiger partial charge in [0.1, 0.15) is 5.82 Å².